The van der Waals surface area contributed by atoms with Gasteiger partial charge in [-0.3, -0.25) is 9.59 Å². The normalized spacial score (nSPS) is 29.2. The van der Waals surface area contributed by atoms with Crippen molar-refractivity contribution >= 4 is 11.8 Å². The lowest BCUT2D eigenvalue weighted by atomic mass is 9.82. The number of hydrogen-bond donors (Lipinski definition) is 1. The van der Waals surface area contributed by atoms with E-state index in [0.29, 0.717) is 12.3 Å². The molecular formula is C16H28N2O2. The third kappa shape index (κ3) is 2.70. The van der Waals surface area contributed by atoms with Crippen molar-refractivity contribution in [2.75, 3.05) is 0 Å². The van der Waals surface area contributed by atoms with Gasteiger partial charge < -0.3 is 10.2 Å². The Morgan fingerprint density at radius 3 is 2.40 bits per heavy atom. The maximum atomic E-state index is 12.8. The predicted molar refractivity (Wildman–Crippen MR) is 79.2 cm³/mol. The highest BCUT2D eigenvalue weighted by molar-refractivity contribution is 5.99. The van der Waals surface area contributed by atoms with Crippen LogP contribution in [0.1, 0.15) is 66.2 Å². The highest BCUT2D eigenvalue weighted by Crippen LogP contribution is 2.32. The molecule has 1 saturated carbocycles. The first-order chi connectivity index (χ1) is 9.38. The van der Waals surface area contributed by atoms with Crippen LogP contribution in [0.3, 0.4) is 0 Å². The lowest BCUT2D eigenvalue weighted by Gasteiger charge is -2.48. The minimum atomic E-state index is -0.772. The van der Waals surface area contributed by atoms with Gasteiger partial charge in [-0.2, -0.15) is 0 Å². The van der Waals surface area contributed by atoms with Crippen molar-refractivity contribution in [1.29, 1.82) is 0 Å². The lowest BCUT2D eigenvalue weighted by molar-refractivity contribution is -0.157. The Morgan fingerprint density at radius 1 is 1.25 bits per heavy atom. The summed E-state index contributed by atoms with van der Waals surface area (Å²) in [6.07, 6.45) is 6.87. The number of nitrogens with zero attached hydrogens (tertiary/aromatic N) is 1. The summed E-state index contributed by atoms with van der Waals surface area (Å²) in [6, 6.07) is -0.134. The van der Waals surface area contributed by atoms with E-state index in [4.69, 9.17) is 0 Å². The first kappa shape index (κ1) is 15.3. The van der Waals surface area contributed by atoms with E-state index in [9.17, 15) is 9.59 Å². The van der Waals surface area contributed by atoms with E-state index in [2.05, 4.69) is 12.2 Å². The molecule has 0 aromatic rings. The van der Waals surface area contributed by atoms with Crippen LogP contribution in [0, 0.1) is 5.92 Å². The van der Waals surface area contributed by atoms with Gasteiger partial charge in [0.15, 0.2) is 0 Å². The monoisotopic (exact) mass is 280 g/mol. The van der Waals surface area contributed by atoms with Crippen molar-refractivity contribution in [3.05, 3.63) is 0 Å². The molecule has 2 fully saturated rings. The zero-order chi connectivity index (χ0) is 14.9. The molecule has 0 aromatic carbocycles. The first-order valence-corrected chi connectivity index (χ1v) is 8.03. The fraction of sp³-hybridized carbons (Fsp3) is 0.875. The SMILES string of the molecule is CCC1C(=O)NC(C)(C)C(=O)N1C(C)C1CCCCC1. The van der Waals surface area contributed by atoms with Crippen LogP contribution in [0.25, 0.3) is 0 Å². The van der Waals surface area contributed by atoms with E-state index in [-0.39, 0.29) is 23.9 Å². The standard InChI is InChI=1S/C16H28N2O2/c1-5-13-14(19)17-16(3,4)15(20)18(13)11(2)12-9-7-6-8-10-12/h11-13H,5-10H2,1-4H3,(H,17,19). The van der Waals surface area contributed by atoms with Gasteiger partial charge in [-0.05, 0) is 46.0 Å². The molecular weight excluding hydrogens is 252 g/mol. The summed E-state index contributed by atoms with van der Waals surface area (Å²) in [6.45, 7) is 7.72. The summed E-state index contributed by atoms with van der Waals surface area (Å²) in [4.78, 5) is 26.9. The largest absolute Gasteiger partial charge is 0.340 e. The number of carbonyl (C=O) groups excluding carboxylic acids is 2. The zero-order valence-corrected chi connectivity index (χ0v) is 13.2. The predicted octanol–water partition coefficient (Wildman–Crippen LogP) is 2.47. The quantitative estimate of drug-likeness (QED) is 0.863. The number of hydrogen-bond acceptors (Lipinski definition) is 2. The molecule has 0 spiro atoms. The first-order valence-electron chi connectivity index (χ1n) is 8.03. The average molecular weight is 280 g/mol. The van der Waals surface area contributed by atoms with Crippen LogP contribution in [0.15, 0.2) is 0 Å². The van der Waals surface area contributed by atoms with Crippen LogP contribution in [0.5, 0.6) is 0 Å². The second-order valence-electron chi connectivity index (χ2n) is 6.89. The molecule has 1 saturated heterocycles. The minimum Gasteiger partial charge on any atom is -0.340 e. The molecule has 2 rings (SSSR count). The molecule has 2 atom stereocenters. The van der Waals surface area contributed by atoms with Gasteiger partial charge in [0.25, 0.3) is 0 Å². The van der Waals surface area contributed by atoms with Crippen LogP contribution in [0.2, 0.25) is 0 Å². The number of carbonyl (C=O) groups is 2. The second kappa shape index (κ2) is 5.74. The maximum Gasteiger partial charge on any atom is 0.248 e. The Labute approximate surface area is 122 Å². The summed E-state index contributed by atoms with van der Waals surface area (Å²) >= 11 is 0. The van der Waals surface area contributed by atoms with Gasteiger partial charge in [-0.25, -0.2) is 0 Å². The van der Waals surface area contributed by atoms with Gasteiger partial charge >= 0.3 is 0 Å². The third-order valence-electron chi connectivity index (χ3n) is 5.00. The summed E-state index contributed by atoms with van der Waals surface area (Å²) in [7, 11) is 0. The fourth-order valence-corrected chi connectivity index (χ4v) is 3.73. The average Bonchev–Trinajstić information content (AvgIpc) is 2.42. The molecule has 4 heteroatoms. The van der Waals surface area contributed by atoms with Crippen LogP contribution in [-0.2, 0) is 9.59 Å². The number of piperazine rings is 1. The molecule has 1 N–H and O–H groups in total. The molecule has 0 radical (unpaired) electrons. The molecule has 1 heterocycles. The Morgan fingerprint density at radius 2 is 1.85 bits per heavy atom. The molecule has 2 unspecified atom stereocenters. The Bertz CT molecular complexity index is 386. The maximum absolute atomic E-state index is 12.8. The smallest absolute Gasteiger partial charge is 0.248 e. The van der Waals surface area contributed by atoms with Crippen molar-refractivity contribution in [1.82, 2.24) is 10.2 Å². The highest BCUT2D eigenvalue weighted by Gasteiger charge is 2.47. The number of amides is 2. The summed E-state index contributed by atoms with van der Waals surface area (Å²) in [5.74, 6) is 0.616. The van der Waals surface area contributed by atoms with Gasteiger partial charge in [0.05, 0.1) is 0 Å². The zero-order valence-electron chi connectivity index (χ0n) is 13.2. The van der Waals surface area contributed by atoms with Crippen molar-refractivity contribution in [2.24, 2.45) is 5.92 Å². The number of nitrogens with one attached hydrogen (secondary N) is 1. The van der Waals surface area contributed by atoms with Gasteiger partial charge in [-0.1, -0.05) is 26.2 Å². The van der Waals surface area contributed by atoms with Crippen molar-refractivity contribution < 1.29 is 9.59 Å². The van der Waals surface area contributed by atoms with Gasteiger partial charge in [0.2, 0.25) is 11.8 Å². The molecule has 4 nitrogen and oxygen atoms in total. The Balaban J connectivity index is 2.23. The summed E-state index contributed by atoms with van der Waals surface area (Å²) in [5, 5.41) is 2.86. The minimum absolute atomic E-state index is 0.000223. The molecule has 0 aromatic heterocycles. The van der Waals surface area contributed by atoms with E-state index in [1.54, 1.807) is 13.8 Å². The molecule has 0 bridgehead atoms. The van der Waals surface area contributed by atoms with Crippen molar-refractivity contribution in [3.63, 3.8) is 0 Å². The van der Waals surface area contributed by atoms with E-state index >= 15 is 0 Å². The van der Waals surface area contributed by atoms with Crippen molar-refractivity contribution in [2.45, 2.75) is 83.8 Å². The van der Waals surface area contributed by atoms with E-state index in [1.807, 2.05) is 11.8 Å². The van der Waals surface area contributed by atoms with Crippen LogP contribution >= 0.6 is 0 Å². The second-order valence-corrected chi connectivity index (χ2v) is 6.89. The van der Waals surface area contributed by atoms with Gasteiger partial charge in [0, 0.05) is 6.04 Å². The Hall–Kier alpha value is -1.06. The molecule has 20 heavy (non-hydrogen) atoms. The summed E-state index contributed by atoms with van der Waals surface area (Å²) in [5.41, 5.74) is -0.772. The van der Waals surface area contributed by atoms with Crippen LogP contribution < -0.4 is 5.32 Å². The lowest BCUT2D eigenvalue weighted by Crippen LogP contribution is -2.70. The van der Waals surface area contributed by atoms with Gasteiger partial charge in [-0.15, -0.1) is 0 Å². The fourth-order valence-electron chi connectivity index (χ4n) is 3.73. The Kier molecular flexibility index (Phi) is 4.40. The molecule has 2 aliphatic rings. The molecule has 1 aliphatic heterocycles. The third-order valence-corrected chi connectivity index (χ3v) is 5.00. The van der Waals surface area contributed by atoms with Gasteiger partial charge in [0.1, 0.15) is 11.6 Å². The highest BCUT2D eigenvalue weighted by atomic mass is 16.2. The molecule has 114 valence electrons. The van der Waals surface area contributed by atoms with Crippen molar-refractivity contribution in [3.8, 4) is 0 Å². The van der Waals surface area contributed by atoms with E-state index in [0.717, 1.165) is 0 Å². The summed E-state index contributed by atoms with van der Waals surface area (Å²) < 4.78 is 0. The van der Waals surface area contributed by atoms with E-state index < -0.39 is 5.54 Å². The van der Waals surface area contributed by atoms with E-state index in [1.165, 1.54) is 32.1 Å². The molecule has 1 aliphatic carbocycles. The topological polar surface area (TPSA) is 49.4 Å². The number of rotatable bonds is 3. The molecule has 2 amide bonds. The van der Waals surface area contributed by atoms with Crippen LogP contribution in [-0.4, -0.2) is 34.3 Å². The van der Waals surface area contributed by atoms with Crippen LogP contribution in [0.4, 0.5) is 0 Å².